The van der Waals surface area contributed by atoms with Gasteiger partial charge in [-0.15, -0.1) is 0 Å². The van der Waals surface area contributed by atoms with Crippen LogP contribution in [-0.4, -0.2) is 7.11 Å². The third-order valence-corrected chi connectivity index (χ3v) is 7.04. The Bertz CT molecular complexity index is 1240. The molecule has 6 rings (SSSR count). The van der Waals surface area contributed by atoms with Gasteiger partial charge < -0.3 is 14.2 Å². The van der Waals surface area contributed by atoms with Crippen molar-refractivity contribution in [1.82, 2.24) is 0 Å². The van der Waals surface area contributed by atoms with E-state index in [9.17, 15) is 0 Å². The fourth-order valence-electron chi connectivity index (χ4n) is 5.26. The molecule has 0 saturated carbocycles. The summed E-state index contributed by atoms with van der Waals surface area (Å²) in [5.41, 5.74) is 5.34. The lowest BCUT2D eigenvalue weighted by Gasteiger charge is -2.30. The SMILES string of the molecule is COc1ccc([C@H]2Oc3cc4c(cc3C2C)OC(c2ccccc2)(c2ccccc2)C4)cc1. The molecule has 2 heterocycles. The van der Waals surface area contributed by atoms with Crippen molar-refractivity contribution in [3.63, 3.8) is 0 Å². The molecule has 0 radical (unpaired) electrons. The van der Waals surface area contributed by atoms with Crippen LogP contribution in [0.25, 0.3) is 0 Å². The Morgan fingerprint density at radius 1 is 0.788 bits per heavy atom. The second kappa shape index (κ2) is 7.70. The molecule has 164 valence electrons. The van der Waals surface area contributed by atoms with Crippen molar-refractivity contribution in [2.24, 2.45) is 0 Å². The molecule has 2 aliphatic rings. The highest BCUT2D eigenvalue weighted by molar-refractivity contribution is 5.56. The van der Waals surface area contributed by atoms with E-state index in [0.29, 0.717) is 0 Å². The maximum Gasteiger partial charge on any atom is 0.163 e. The van der Waals surface area contributed by atoms with Gasteiger partial charge in [0.1, 0.15) is 23.4 Å². The van der Waals surface area contributed by atoms with Crippen molar-refractivity contribution >= 4 is 0 Å². The minimum absolute atomic E-state index is 0.0126. The first-order valence-electron chi connectivity index (χ1n) is 11.5. The van der Waals surface area contributed by atoms with Crippen molar-refractivity contribution in [2.45, 2.75) is 31.0 Å². The summed E-state index contributed by atoms with van der Waals surface area (Å²) in [6, 6.07) is 33.6. The minimum Gasteiger partial charge on any atom is -0.497 e. The molecule has 2 aliphatic heterocycles. The van der Waals surface area contributed by atoms with Crippen LogP contribution in [0.15, 0.2) is 97.1 Å². The lowest BCUT2D eigenvalue weighted by Crippen LogP contribution is -2.32. The fourth-order valence-corrected chi connectivity index (χ4v) is 5.26. The molecule has 4 aromatic rings. The zero-order valence-corrected chi connectivity index (χ0v) is 18.8. The number of ether oxygens (including phenoxy) is 3. The normalized spacial score (nSPS) is 19.8. The molecule has 3 nitrogen and oxygen atoms in total. The maximum absolute atomic E-state index is 6.84. The van der Waals surface area contributed by atoms with E-state index in [2.05, 4.69) is 79.7 Å². The van der Waals surface area contributed by atoms with Crippen LogP contribution < -0.4 is 14.2 Å². The van der Waals surface area contributed by atoms with E-state index in [1.807, 2.05) is 24.3 Å². The zero-order chi connectivity index (χ0) is 22.4. The molecule has 33 heavy (non-hydrogen) atoms. The highest BCUT2D eigenvalue weighted by atomic mass is 16.5. The average molecular weight is 435 g/mol. The van der Waals surface area contributed by atoms with Crippen LogP contribution in [0.5, 0.6) is 17.2 Å². The topological polar surface area (TPSA) is 27.7 Å². The molecule has 0 saturated heterocycles. The number of benzene rings is 4. The number of methoxy groups -OCH3 is 1. The zero-order valence-electron chi connectivity index (χ0n) is 18.8. The Labute approximate surface area is 194 Å². The van der Waals surface area contributed by atoms with Crippen molar-refractivity contribution in [3.05, 3.63) is 125 Å². The first-order chi connectivity index (χ1) is 16.2. The average Bonchev–Trinajstić information content (AvgIpc) is 3.42. The van der Waals surface area contributed by atoms with Gasteiger partial charge in [-0.05, 0) is 29.8 Å². The van der Waals surface area contributed by atoms with E-state index >= 15 is 0 Å². The van der Waals surface area contributed by atoms with Gasteiger partial charge in [-0.2, -0.15) is 0 Å². The van der Waals surface area contributed by atoms with E-state index in [0.717, 1.165) is 40.4 Å². The molecular formula is C30H26O3. The van der Waals surface area contributed by atoms with Crippen LogP contribution in [0.3, 0.4) is 0 Å². The van der Waals surface area contributed by atoms with Gasteiger partial charge in [0.15, 0.2) is 5.60 Å². The third-order valence-electron chi connectivity index (χ3n) is 7.04. The summed E-state index contributed by atoms with van der Waals surface area (Å²) in [6.45, 7) is 2.23. The van der Waals surface area contributed by atoms with Crippen LogP contribution in [0, 0.1) is 0 Å². The molecule has 0 amide bonds. The Morgan fingerprint density at radius 3 is 2.03 bits per heavy atom. The summed E-state index contributed by atoms with van der Waals surface area (Å²) >= 11 is 0. The van der Waals surface area contributed by atoms with Gasteiger partial charge in [0.2, 0.25) is 0 Å². The summed E-state index contributed by atoms with van der Waals surface area (Å²) in [5.74, 6) is 2.99. The minimum atomic E-state index is -0.529. The second-order valence-electron chi connectivity index (χ2n) is 8.94. The Hall–Kier alpha value is -3.72. The van der Waals surface area contributed by atoms with E-state index in [-0.39, 0.29) is 12.0 Å². The number of fused-ring (bicyclic) bond motifs is 2. The van der Waals surface area contributed by atoms with Crippen LogP contribution >= 0.6 is 0 Å². The molecule has 0 N–H and O–H groups in total. The molecule has 0 spiro atoms. The van der Waals surface area contributed by atoms with Crippen LogP contribution in [0.1, 0.15) is 46.8 Å². The van der Waals surface area contributed by atoms with E-state index in [1.54, 1.807) is 7.11 Å². The molecule has 1 unspecified atom stereocenters. The number of hydrogen-bond donors (Lipinski definition) is 0. The lowest BCUT2D eigenvalue weighted by molar-refractivity contribution is 0.140. The number of hydrogen-bond acceptors (Lipinski definition) is 3. The van der Waals surface area contributed by atoms with Gasteiger partial charge in [-0.1, -0.05) is 79.7 Å². The Morgan fingerprint density at radius 2 is 1.42 bits per heavy atom. The quantitative estimate of drug-likeness (QED) is 0.353. The Kier molecular flexibility index (Phi) is 4.65. The van der Waals surface area contributed by atoms with Gasteiger partial charge >= 0.3 is 0 Å². The van der Waals surface area contributed by atoms with Gasteiger partial charge in [-0.25, -0.2) is 0 Å². The molecule has 0 fully saturated rings. The van der Waals surface area contributed by atoms with Crippen LogP contribution in [0.2, 0.25) is 0 Å². The molecule has 2 atom stereocenters. The van der Waals surface area contributed by atoms with E-state index < -0.39 is 5.60 Å². The predicted octanol–water partition coefficient (Wildman–Crippen LogP) is 6.81. The predicted molar refractivity (Wildman–Crippen MR) is 129 cm³/mol. The summed E-state index contributed by atoms with van der Waals surface area (Å²) < 4.78 is 18.6. The van der Waals surface area contributed by atoms with Crippen molar-refractivity contribution in [3.8, 4) is 17.2 Å². The molecule has 3 heteroatoms. The van der Waals surface area contributed by atoms with Crippen LogP contribution in [-0.2, 0) is 12.0 Å². The molecule has 4 aromatic carbocycles. The summed E-state index contributed by atoms with van der Waals surface area (Å²) in [5, 5.41) is 0. The monoisotopic (exact) mass is 434 g/mol. The van der Waals surface area contributed by atoms with Gasteiger partial charge in [0, 0.05) is 34.6 Å². The second-order valence-corrected chi connectivity index (χ2v) is 8.94. The van der Waals surface area contributed by atoms with Crippen molar-refractivity contribution in [1.29, 1.82) is 0 Å². The maximum atomic E-state index is 6.84. The third kappa shape index (κ3) is 3.19. The molecular weight excluding hydrogens is 408 g/mol. The standard InChI is InChI=1S/C30H26O3/c1-20-26-18-27-22(17-28(26)32-29(20)21-13-15-25(31-2)16-14-21)19-30(33-27,23-9-5-3-6-10-23)24-11-7-4-8-12-24/h3-18,20,29H,19H2,1-2H3/t20?,29-/m0/s1. The van der Waals surface area contributed by atoms with Gasteiger partial charge in [0.05, 0.1) is 7.11 Å². The highest BCUT2D eigenvalue weighted by Crippen LogP contribution is 2.53. The van der Waals surface area contributed by atoms with E-state index in [4.69, 9.17) is 14.2 Å². The van der Waals surface area contributed by atoms with Crippen molar-refractivity contribution < 1.29 is 14.2 Å². The summed E-state index contributed by atoms with van der Waals surface area (Å²) in [7, 11) is 1.69. The van der Waals surface area contributed by atoms with E-state index in [1.165, 1.54) is 11.1 Å². The summed E-state index contributed by atoms with van der Waals surface area (Å²) in [4.78, 5) is 0. The van der Waals surface area contributed by atoms with Gasteiger partial charge in [0.25, 0.3) is 0 Å². The highest BCUT2D eigenvalue weighted by Gasteiger charge is 2.44. The van der Waals surface area contributed by atoms with Crippen LogP contribution in [0.4, 0.5) is 0 Å². The largest absolute Gasteiger partial charge is 0.497 e. The first-order valence-corrected chi connectivity index (χ1v) is 11.5. The Balaban J connectivity index is 1.37. The van der Waals surface area contributed by atoms with Gasteiger partial charge in [-0.3, -0.25) is 0 Å². The smallest absolute Gasteiger partial charge is 0.163 e. The molecule has 0 bridgehead atoms. The molecule has 0 aliphatic carbocycles. The lowest BCUT2D eigenvalue weighted by atomic mass is 9.82. The number of rotatable bonds is 4. The summed E-state index contributed by atoms with van der Waals surface area (Å²) in [6.07, 6.45) is 0.760. The first kappa shape index (κ1) is 19.9. The fraction of sp³-hybridized carbons (Fsp3) is 0.200. The van der Waals surface area contributed by atoms with Crippen molar-refractivity contribution in [2.75, 3.05) is 7.11 Å². The molecule has 0 aromatic heterocycles.